The molecule has 6 nitrogen and oxygen atoms in total. The summed E-state index contributed by atoms with van der Waals surface area (Å²) in [6, 6.07) is 5.19. The molecule has 6 heteroatoms. The van der Waals surface area contributed by atoms with Crippen LogP contribution in [0.15, 0.2) is 18.2 Å². The van der Waals surface area contributed by atoms with Gasteiger partial charge in [0.2, 0.25) is 5.91 Å². The first-order valence-corrected chi connectivity index (χ1v) is 7.89. The number of nitrogens with two attached hydrogens (primary N) is 1. The summed E-state index contributed by atoms with van der Waals surface area (Å²) in [6.45, 7) is 0. The molecule has 1 fully saturated rings. The molecular formula is C17H21N3O3. The number of carbonyl (C=O) groups is 3. The van der Waals surface area contributed by atoms with Gasteiger partial charge < -0.3 is 10.6 Å². The van der Waals surface area contributed by atoms with Crippen LogP contribution in [0.2, 0.25) is 0 Å². The van der Waals surface area contributed by atoms with Crippen LogP contribution in [0, 0.1) is 0 Å². The Kier molecular flexibility index (Phi) is 3.62. The average molecular weight is 315 g/mol. The third-order valence-corrected chi connectivity index (χ3v) is 4.94. The molecule has 0 aromatic heterocycles. The van der Waals surface area contributed by atoms with E-state index in [4.69, 9.17) is 5.73 Å². The lowest BCUT2D eigenvalue weighted by atomic mass is 9.79. The number of hydrogen-bond donors (Lipinski definition) is 1. The summed E-state index contributed by atoms with van der Waals surface area (Å²) in [4.78, 5) is 41.0. The smallest absolute Gasteiger partial charge is 0.264 e. The third-order valence-electron chi connectivity index (χ3n) is 4.94. The van der Waals surface area contributed by atoms with Gasteiger partial charge in [0.1, 0.15) is 5.54 Å². The van der Waals surface area contributed by atoms with Gasteiger partial charge in [-0.1, -0.05) is 25.3 Å². The Morgan fingerprint density at radius 2 is 1.78 bits per heavy atom. The lowest BCUT2D eigenvalue weighted by molar-refractivity contribution is -0.129. The highest BCUT2D eigenvalue weighted by atomic mass is 16.2. The molecule has 0 unspecified atom stereocenters. The molecule has 3 amide bonds. The van der Waals surface area contributed by atoms with Gasteiger partial charge in [-0.05, 0) is 25.0 Å². The number of fused-ring (bicyclic) bond motifs is 1. The number of rotatable bonds is 3. The summed E-state index contributed by atoms with van der Waals surface area (Å²) in [5.41, 5.74) is 5.86. The summed E-state index contributed by atoms with van der Waals surface area (Å²) >= 11 is 0. The van der Waals surface area contributed by atoms with Crippen molar-refractivity contribution < 1.29 is 14.4 Å². The molecule has 1 aliphatic heterocycles. The first-order chi connectivity index (χ1) is 10.9. The molecule has 2 N–H and O–H groups in total. The Morgan fingerprint density at radius 3 is 2.35 bits per heavy atom. The van der Waals surface area contributed by atoms with E-state index in [1.807, 2.05) is 14.1 Å². The minimum Gasteiger partial charge on any atom is -0.377 e. The second kappa shape index (κ2) is 5.37. The van der Waals surface area contributed by atoms with E-state index in [2.05, 4.69) is 0 Å². The SMILES string of the molecule is CN(C)c1cccc2c1C(=O)N(C1(C(N)=O)CCCCC1)C2=O. The van der Waals surface area contributed by atoms with E-state index >= 15 is 0 Å². The maximum absolute atomic E-state index is 13.0. The zero-order valence-electron chi connectivity index (χ0n) is 13.5. The molecule has 1 heterocycles. The fraction of sp³-hybridized carbons (Fsp3) is 0.471. The van der Waals surface area contributed by atoms with E-state index in [0.29, 0.717) is 29.7 Å². The van der Waals surface area contributed by atoms with E-state index in [-0.39, 0.29) is 0 Å². The van der Waals surface area contributed by atoms with Gasteiger partial charge in [0.05, 0.1) is 11.1 Å². The predicted molar refractivity (Wildman–Crippen MR) is 86.3 cm³/mol. The highest BCUT2D eigenvalue weighted by molar-refractivity contribution is 6.25. The van der Waals surface area contributed by atoms with Crippen LogP contribution in [0.5, 0.6) is 0 Å². The molecule has 23 heavy (non-hydrogen) atoms. The van der Waals surface area contributed by atoms with Crippen molar-refractivity contribution in [3.8, 4) is 0 Å². The van der Waals surface area contributed by atoms with Crippen LogP contribution < -0.4 is 10.6 Å². The normalized spacial score (nSPS) is 19.7. The highest BCUT2D eigenvalue weighted by Gasteiger charge is 2.53. The van der Waals surface area contributed by atoms with Crippen molar-refractivity contribution in [2.45, 2.75) is 37.6 Å². The molecule has 2 aliphatic rings. The Bertz CT molecular complexity index is 690. The quantitative estimate of drug-likeness (QED) is 0.858. The molecule has 1 aromatic carbocycles. The van der Waals surface area contributed by atoms with Crippen LogP contribution in [0.1, 0.15) is 52.8 Å². The third kappa shape index (κ3) is 2.12. The predicted octanol–water partition coefficient (Wildman–Crippen LogP) is 1.54. The van der Waals surface area contributed by atoms with E-state index in [1.165, 1.54) is 0 Å². The largest absolute Gasteiger partial charge is 0.377 e. The summed E-state index contributed by atoms with van der Waals surface area (Å²) in [7, 11) is 3.64. The van der Waals surface area contributed by atoms with Crippen LogP contribution >= 0.6 is 0 Å². The number of imide groups is 1. The van der Waals surface area contributed by atoms with E-state index in [9.17, 15) is 14.4 Å². The van der Waals surface area contributed by atoms with Crippen molar-refractivity contribution in [2.75, 3.05) is 19.0 Å². The number of benzene rings is 1. The molecule has 122 valence electrons. The first kappa shape index (κ1) is 15.5. The van der Waals surface area contributed by atoms with Gasteiger partial charge in [-0.2, -0.15) is 0 Å². The van der Waals surface area contributed by atoms with Crippen LogP contribution in [-0.2, 0) is 4.79 Å². The van der Waals surface area contributed by atoms with Crippen LogP contribution in [0.25, 0.3) is 0 Å². The van der Waals surface area contributed by atoms with Crippen molar-refractivity contribution in [1.29, 1.82) is 0 Å². The van der Waals surface area contributed by atoms with E-state index in [1.54, 1.807) is 23.1 Å². The molecule has 0 spiro atoms. The Balaban J connectivity index is 2.13. The Hall–Kier alpha value is -2.37. The minimum absolute atomic E-state index is 0.354. The summed E-state index contributed by atoms with van der Waals surface area (Å²) in [5, 5.41) is 0. The van der Waals surface area contributed by atoms with Gasteiger partial charge in [0.15, 0.2) is 0 Å². The van der Waals surface area contributed by atoms with Crippen LogP contribution in [0.3, 0.4) is 0 Å². The van der Waals surface area contributed by atoms with E-state index < -0.39 is 23.3 Å². The number of hydrogen-bond acceptors (Lipinski definition) is 4. The number of nitrogens with zero attached hydrogens (tertiary/aromatic N) is 2. The molecule has 0 atom stereocenters. The molecule has 1 aromatic rings. The molecule has 0 bridgehead atoms. The average Bonchev–Trinajstić information content (AvgIpc) is 2.79. The molecule has 1 saturated carbocycles. The van der Waals surface area contributed by atoms with Crippen molar-refractivity contribution in [1.82, 2.24) is 4.90 Å². The van der Waals surface area contributed by atoms with Crippen molar-refractivity contribution in [3.63, 3.8) is 0 Å². The number of anilines is 1. The van der Waals surface area contributed by atoms with Crippen molar-refractivity contribution >= 4 is 23.4 Å². The summed E-state index contributed by atoms with van der Waals surface area (Å²) < 4.78 is 0. The van der Waals surface area contributed by atoms with E-state index in [0.717, 1.165) is 24.2 Å². The molecule has 0 saturated heterocycles. The van der Waals surface area contributed by atoms with Gasteiger partial charge in [0, 0.05) is 19.8 Å². The molecule has 3 rings (SSSR count). The van der Waals surface area contributed by atoms with Crippen molar-refractivity contribution in [2.24, 2.45) is 5.73 Å². The number of carbonyl (C=O) groups excluding carboxylic acids is 3. The maximum Gasteiger partial charge on any atom is 0.264 e. The lowest BCUT2D eigenvalue weighted by Crippen LogP contribution is -2.60. The fourth-order valence-corrected chi connectivity index (χ4v) is 3.75. The molecular weight excluding hydrogens is 294 g/mol. The minimum atomic E-state index is -1.19. The fourth-order valence-electron chi connectivity index (χ4n) is 3.75. The number of primary amides is 1. The second-order valence-corrected chi connectivity index (χ2v) is 6.50. The van der Waals surface area contributed by atoms with Gasteiger partial charge in [-0.25, -0.2) is 0 Å². The maximum atomic E-state index is 13.0. The zero-order valence-corrected chi connectivity index (χ0v) is 13.5. The van der Waals surface area contributed by atoms with Crippen LogP contribution in [0.4, 0.5) is 5.69 Å². The first-order valence-electron chi connectivity index (χ1n) is 7.89. The standard InChI is InChI=1S/C17H21N3O3/c1-19(2)12-8-6-7-11-13(12)15(22)20(14(11)21)17(16(18)23)9-4-3-5-10-17/h6-8H,3-5,9-10H2,1-2H3,(H2,18,23). The molecule has 0 radical (unpaired) electrons. The van der Waals surface area contributed by atoms with Gasteiger partial charge in [0.25, 0.3) is 11.8 Å². The number of amides is 3. The highest BCUT2D eigenvalue weighted by Crippen LogP contribution is 2.41. The monoisotopic (exact) mass is 315 g/mol. The zero-order chi connectivity index (χ0) is 16.8. The summed E-state index contributed by atoms with van der Waals surface area (Å²) in [5.74, 6) is -1.40. The van der Waals surface area contributed by atoms with Gasteiger partial charge in [-0.15, -0.1) is 0 Å². The molecule has 1 aliphatic carbocycles. The lowest BCUT2D eigenvalue weighted by Gasteiger charge is -2.40. The summed E-state index contributed by atoms with van der Waals surface area (Å²) in [6.07, 6.45) is 3.46. The Morgan fingerprint density at radius 1 is 1.13 bits per heavy atom. The second-order valence-electron chi connectivity index (χ2n) is 6.50. The van der Waals surface area contributed by atoms with Gasteiger partial charge >= 0.3 is 0 Å². The Labute approximate surface area is 135 Å². The van der Waals surface area contributed by atoms with Crippen LogP contribution in [-0.4, -0.2) is 42.3 Å². The topological polar surface area (TPSA) is 83.7 Å². The van der Waals surface area contributed by atoms with Gasteiger partial charge in [-0.3, -0.25) is 19.3 Å². The van der Waals surface area contributed by atoms with Crippen molar-refractivity contribution in [3.05, 3.63) is 29.3 Å².